The zero-order chi connectivity index (χ0) is 14.7. The third-order valence-corrected chi connectivity index (χ3v) is 3.22. The van der Waals surface area contributed by atoms with Crippen molar-refractivity contribution in [3.8, 4) is 0 Å². The van der Waals surface area contributed by atoms with E-state index in [4.69, 9.17) is 15.2 Å². The Labute approximate surface area is 116 Å². The molecule has 3 N–H and O–H groups in total. The van der Waals surface area contributed by atoms with E-state index in [2.05, 4.69) is 10.1 Å². The summed E-state index contributed by atoms with van der Waals surface area (Å²) in [5.74, 6) is -1.30. The van der Waals surface area contributed by atoms with Gasteiger partial charge in [-0.15, -0.1) is 0 Å². The zero-order valence-corrected chi connectivity index (χ0v) is 11.3. The molecule has 1 fully saturated rings. The topological polar surface area (TPSA) is 82.8 Å². The SMILES string of the molecule is COC(=O)c1cc(F)c(N)c(N[C@H]2COC[C@H]2OC)c1. The molecule has 0 amide bonds. The van der Waals surface area contributed by atoms with Crippen molar-refractivity contribution < 1.29 is 23.4 Å². The molecular formula is C13H17FN2O4. The van der Waals surface area contributed by atoms with Crippen LogP contribution in [0.2, 0.25) is 0 Å². The van der Waals surface area contributed by atoms with Crippen molar-refractivity contribution in [3.05, 3.63) is 23.5 Å². The lowest BCUT2D eigenvalue weighted by molar-refractivity contribution is 0.0600. The van der Waals surface area contributed by atoms with Crippen molar-refractivity contribution >= 4 is 17.3 Å². The van der Waals surface area contributed by atoms with Gasteiger partial charge in [0.25, 0.3) is 0 Å². The maximum absolute atomic E-state index is 13.8. The third kappa shape index (κ3) is 2.83. The average molecular weight is 284 g/mol. The molecule has 1 aromatic carbocycles. The molecule has 1 aromatic rings. The lowest BCUT2D eigenvalue weighted by Crippen LogP contribution is -2.33. The Kier molecular flexibility index (Phi) is 4.41. The van der Waals surface area contributed by atoms with E-state index in [-0.39, 0.29) is 23.4 Å². The highest BCUT2D eigenvalue weighted by molar-refractivity contribution is 5.92. The Morgan fingerprint density at radius 3 is 2.85 bits per heavy atom. The number of hydrogen-bond acceptors (Lipinski definition) is 6. The molecule has 1 saturated heterocycles. The molecule has 0 radical (unpaired) electrons. The Balaban J connectivity index is 2.26. The van der Waals surface area contributed by atoms with Crippen LogP contribution in [0.5, 0.6) is 0 Å². The largest absolute Gasteiger partial charge is 0.465 e. The van der Waals surface area contributed by atoms with Crippen LogP contribution < -0.4 is 11.1 Å². The van der Waals surface area contributed by atoms with Gasteiger partial charge in [0.15, 0.2) is 0 Å². The number of nitrogen functional groups attached to an aromatic ring is 1. The van der Waals surface area contributed by atoms with Gasteiger partial charge in [0, 0.05) is 7.11 Å². The first-order chi connectivity index (χ1) is 9.56. The van der Waals surface area contributed by atoms with Crippen molar-refractivity contribution in [2.75, 3.05) is 38.5 Å². The van der Waals surface area contributed by atoms with Gasteiger partial charge in [-0.25, -0.2) is 9.18 Å². The van der Waals surface area contributed by atoms with E-state index in [1.54, 1.807) is 7.11 Å². The molecular weight excluding hydrogens is 267 g/mol. The summed E-state index contributed by atoms with van der Waals surface area (Å²) in [6.45, 7) is 0.870. The van der Waals surface area contributed by atoms with Crippen molar-refractivity contribution in [2.24, 2.45) is 0 Å². The molecule has 7 heteroatoms. The fourth-order valence-corrected chi connectivity index (χ4v) is 2.07. The summed E-state index contributed by atoms with van der Waals surface area (Å²) >= 11 is 0. The highest BCUT2D eigenvalue weighted by atomic mass is 19.1. The maximum Gasteiger partial charge on any atom is 0.338 e. The molecule has 0 unspecified atom stereocenters. The van der Waals surface area contributed by atoms with Gasteiger partial charge in [-0.2, -0.15) is 0 Å². The standard InChI is InChI=1S/C13H17FN2O4/c1-18-11-6-20-5-10(11)16-9-4-7(13(17)19-2)3-8(14)12(9)15/h3-4,10-11,16H,5-6,15H2,1-2H3/t10-,11+/m0/s1. The van der Waals surface area contributed by atoms with Crippen LogP contribution in [0.25, 0.3) is 0 Å². The van der Waals surface area contributed by atoms with Crippen molar-refractivity contribution in [1.29, 1.82) is 0 Å². The fourth-order valence-electron chi connectivity index (χ4n) is 2.07. The summed E-state index contributed by atoms with van der Waals surface area (Å²) in [6.07, 6.45) is -0.153. The van der Waals surface area contributed by atoms with Gasteiger partial charge in [0.2, 0.25) is 0 Å². The lowest BCUT2D eigenvalue weighted by Gasteiger charge is -2.20. The molecule has 0 aromatic heterocycles. The second-order valence-electron chi connectivity index (χ2n) is 4.47. The van der Waals surface area contributed by atoms with E-state index in [9.17, 15) is 9.18 Å². The normalized spacial score (nSPS) is 21.8. The number of nitrogens with one attached hydrogen (secondary N) is 1. The quantitative estimate of drug-likeness (QED) is 0.634. The maximum atomic E-state index is 13.8. The first-order valence-electron chi connectivity index (χ1n) is 6.11. The molecule has 1 heterocycles. The smallest absolute Gasteiger partial charge is 0.338 e. The van der Waals surface area contributed by atoms with Gasteiger partial charge in [0.05, 0.1) is 43.3 Å². The molecule has 1 aliphatic heterocycles. The number of benzene rings is 1. The molecule has 0 saturated carbocycles. The Bertz CT molecular complexity index is 509. The van der Waals surface area contributed by atoms with Crippen LogP contribution in [-0.2, 0) is 14.2 Å². The van der Waals surface area contributed by atoms with E-state index >= 15 is 0 Å². The van der Waals surface area contributed by atoms with Crippen LogP contribution in [0.15, 0.2) is 12.1 Å². The number of carbonyl (C=O) groups excluding carboxylic acids is 1. The number of nitrogens with two attached hydrogens (primary N) is 1. The number of hydrogen-bond donors (Lipinski definition) is 2. The van der Waals surface area contributed by atoms with E-state index in [0.29, 0.717) is 18.9 Å². The number of halogens is 1. The first kappa shape index (κ1) is 14.5. The molecule has 0 aliphatic carbocycles. The number of esters is 1. The summed E-state index contributed by atoms with van der Waals surface area (Å²) in [4.78, 5) is 11.5. The van der Waals surface area contributed by atoms with Gasteiger partial charge in [0.1, 0.15) is 11.9 Å². The van der Waals surface area contributed by atoms with Gasteiger partial charge in [-0.1, -0.05) is 0 Å². The van der Waals surface area contributed by atoms with E-state index in [1.165, 1.54) is 13.2 Å². The molecule has 20 heavy (non-hydrogen) atoms. The van der Waals surface area contributed by atoms with Gasteiger partial charge < -0.3 is 25.3 Å². The highest BCUT2D eigenvalue weighted by Crippen LogP contribution is 2.27. The predicted octanol–water partition coefficient (Wildman–Crippen LogP) is 1.02. The molecule has 6 nitrogen and oxygen atoms in total. The molecule has 0 bridgehead atoms. The zero-order valence-electron chi connectivity index (χ0n) is 11.3. The van der Waals surface area contributed by atoms with Crippen molar-refractivity contribution in [3.63, 3.8) is 0 Å². The van der Waals surface area contributed by atoms with Crippen LogP contribution in [0.1, 0.15) is 10.4 Å². The Morgan fingerprint density at radius 2 is 2.20 bits per heavy atom. The van der Waals surface area contributed by atoms with Crippen LogP contribution in [0.3, 0.4) is 0 Å². The average Bonchev–Trinajstić information content (AvgIpc) is 2.89. The van der Waals surface area contributed by atoms with E-state index in [0.717, 1.165) is 6.07 Å². The predicted molar refractivity (Wildman–Crippen MR) is 71.2 cm³/mol. The minimum atomic E-state index is -0.678. The number of rotatable bonds is 4. The van der Waals surface area contributed by atoms with Gasteiger partial charge in [-0.05, 0) is 12.1 Å². The summed E-state index contributed by atoms with van der Waals surface area (Å²) in [6, 6.07) is 2.34. The lowest BCUT2D eigenvalue weighted by atomic mass is 10.1. The van der Waals surface area contributed by atoms with Crippen LogP contribution in [-0.4, -0.2) is 45.5 Å². The van der Waals surface area contributed by atoms with Crippen LogP contribution in [0, 0.1) is 5.82 Å². The number of ether oxygens (including phenoxy) is 3. The third-order valence-electron chi connectivity index (χ3n) is 3.22. The second kappa shape index (κ2) is 6.06. The van der Waals surface area contributed by atoms with E-state index in [1.807, 2.05) is 0 Å². The minimum Gasteiger partial charge on any atom is -0.465 e. The van der Waals surface area contributed by atoms with Crippen LogP contribution in [0.4, 0.5) is 15.8 Å². The molecule has 110 valence electrons. The molecule has 2 atom stereocenters. The highest BCUT2D eigenvalue weighted by Gasteiger charge is 2.29. The molecule has 1 aliphatic rings. The minimum absolute atomic E-state index is 0.0561. The first-order valence-corrected chi connectivity index (χ1v) is 6.11. The van der Waals surface area contributed by atoms with Gasteiger partial charge in [-0.3, -0.25) is 0 Å². The number of anilines is 2. The van der Waals surface area contributed by atoms with E-state index < -0.39 is 11.8 Å². The summed E-state index contributed by atoms with van der Waals surface area (Å²) in [5.41, 5.74) is 6.05. The summed E-state index contributed by atoms with van der Waals surface area (Å²) < 4.78 is 28.9. The number of methoxy groups -OCH3 is 2. The monoisotopic (exact) mass is 284 g/mol. The van der Waals surface area contributed by atoms with Crippen LogP contribution >= 0.6 is 0 Å². The number of carbonyl (C=O) groups is 1. The van der Waals surface area contributed by atoms with Crippen molar-refractivity contribution in [1.82, 2.24) is 0 Å². The summed E-state index contributed by atoms with van der Waals surface area (Å²) in [7, 11) is 2.80. The van der Waals surface area contributed by atoms with Gasteiger partial charge >= 0.3 is 5.97 Å². The summed E-state index contributed by atoms with van der Waals surface area (Å²) in [5, 5.41) is 3.05. The van der Waals surface area contributed by atoms with Crippen molar-refractivity contribution in [2.45, 2.75) is 12.1 Å². The fraction of sp³-hybridized carbons (Fsp3) is 0.462. The Hall–Kier alpha value is -1.86. The molecule has 0 spiro atoms. The Morgan fingerprint density at radius 1 is 1.45 bits per heavy atom. The second-order valence-corrected chi connectivity index (χ2v) is 4.47. The molecule has 2 rings (SSSR count).